The average molecular weight is 351 g/mol. The van der Waals surface area contributed by atoms with Crippen molar-refractivity contribution >= 4 is 23.4 Å². The van der Waals surface area contributed by atoms with Gasteiger partial charge in [0.2, 0.25) is 5.91 Å². The predicted octanol–water partition coefficient (Wildman–Crippen LogP) is 4.26. The molecule has 0 spiro atoms. The maximum Gasteiger partial charge on any atom is 0.237 e. The Morgan fingerprint density at radius 2 is 2.12 bits per heavy atom. The fourth-order valence-corrected chi connectivity index (χ4v) is 3.87. The molecule has 3 rings (SSSR count). The Bertz CT molecular complexity index is 841. The number of thioether (sulfide) groups is 1. The van der Waals surface area contributed by atoms with Crippen LogP contribution in [0.2, 0.25) is 0 Å². The molecule has 25 heavy (non-hydrogen) atoms. The molecule has 1 aliphatic carbocycles. The molecule has 0 aliphatic heterocycles. The van der Waals surface area contributed by atoms with Crippen LogP contribution in [0.5, 0.6) is 0 Å². The summed E-state index contributed by atoms with van der Waals surface area (Å²) in [6, 6.07) is 11.9. The molecule has 128 valence electrons. The summed E-state index contributed by atoms with van der Waals surface area (Å²) in [4.78, 5) is 17.2. The molecule has 2 aromatic rings. The molecule has 1 aromatic heterocycles. The summed E-state index contributed by atoms with van der Waals surface area (Å²) >= 11 is 1.35. The fourth-order valence-electron chi connectivity index (χ4n) is 2.97. The quantitative estimate of drug-likeness (QED) is 0.836. The number of hydrogen-bond acceptors (Lipinski definition) is 4. The van der Waals surface area contributed by atoms with E-state index in [1.807, 2.05) is 44.2 Å². The third-order valence-corrected chi connectivity index (χ3v) is 5.43. The van der Waals surface area contributed by atoms with Crippen molar-refractivity contribution in [2.75, 3.05) is 5.32 Å². The highest BCUT2D eigenvalue weighted by molar-refractivity contribution is 8.00. The van der Waals surface area contributed by atoms with Crippen molar-refractivity contribution in [3.63, 3.8) is 0 Å². The molecule has 0 radical (unpaired) electrons. The first-order chi connectivity index (χ1) is 12.1. The van der Waals surface area contributed by atoms with Crippen molar-refractivity contribution < 1.29 is 4.79 Å². The maximum atomic E-state index is 12.5. The van der Waals surface area contributed by atoms with Crippen LogP contribution < -0.4 is 5.32 Å². The zero-order chi connectivity index (χ0) is 17.8. The van der Waals surface area contributed by atoms with Gasteiger partial charge >= 0.3 is 0 Å². The minimum Gasteiger partial charge on any atom is -0.325 e. The number of nitriles is 1. The van der Waals surface area contributed by atoms with Crippen LogP contribution in [-0.2, 0) is 17.6 Å². The Morgan fingerprint density at radius 1 is 1.32 bits per heavy atom. The lowest BCUT2D eigenvalue weighted by atomic mass is 9.95. The number of aromatic nitrogens is 1. The molecule has 5 heteroatoms. The van der Waals surface area contributed by atoms with Gasteiger partial charge in [0.05, 0.1) is 10.8 Å². The van der Waals surface area contributed by atoms with Crippen LogP contribution in [-0.4, -0.2) is 16.1 Å². The number of carbonyl (C=O) groups is 1. The molecule has 1 atom stereocenters. The summed E-state index contributed by atoms with van der Waals surface area (Å²) in [7, 11) is 0. The number of nitrogens with one attached hydrogen (secondary N) is 1. The van der Waals surface area contributed by atoms with Crippen LogP contribution in [0, 0.1) is 18.3 Å². The first kappa shape index (κ1) is 17.5. The molecule has 4 nitrogen and oxygen atoms in total. The zero-order valence-corrected chi connectivity index (χ0v) is 15.3. The first-order valence-corrected chi connectivity index (χ1v) is 9.42. The summed E-state index contributed by atoms with van der Waals surface area (Å²) in [6.07, 6.45) is 4.24. The molecule has 0 saturated heterocycles. The van der Waals surface area contributed by atoms with E-state index in [1.165, 1.54) is 17.3 Å². The van der Waals surface area contributed by atoms with E-state index in [1.54, 1.807) is 0 Å². The number of pyridine rings is 1. The van der Waals surface area contributed by atoms with Crippen molar-refractivity contribution in [1.29, 1.82) is 5.26 Å². The summed E-state index contributed by atoms with van der Waals surface area (Å²) < 4.78 is 0. The van der Waals surface area contributed by atoms with Crippen LogP contribution in [0.3, 0.4) is 0 Å². The molecular formula is C20H21N3OS. The van der Waals surface area contributed by atoms with E-state index in [2.05, 4.69) is 16.4 Å². The fraction of sp³-hybridized carbons (Fsp3) is 0.350. The Labute approximate surface area is 152 Å². The molecule has 1 heterocycles. The van der Waals surface area contributed by atoms with Gasteiger partial charge in [-0.2, -0.15) is 5.26 Å². The number of amides is 1. The second kappa shape index (κ2) is 7.71. The lowest BCUT2D eigenvalue weighted by molar-refractivity contribution is -0.115. The molecule has 1 amide bonds. The molecule has 1 aliphatic rings. The number of anilines is 1. The lowest BCUT2D eigenvalue weighted by Crippen LogP contribution is -2.23. The van der Waals surface area contributed by atoms with Gasteiger partial charge < -0.3 is 5.32 Å². The van der Waals surface area contributed by atoms with Gasteiger partial charge in [-0.25, -0.2) is 4.98 Å². The Morgan fingerprint density at radius 3 is 2.88 bits per heavy atom. The summed E-state index contributed by atoms with van der Waals surface area (Å²) in [5.74, 6) is -0.0842. The van der Waals surface area contributed by atoms with E-state index in [9.17, 15) is 10.1 Å². The minimum absolute atomic E-state index is 0.0842. The monoisotopic (exact) mass is 351 g/mol. The smallest absolute Gasteiger partial charge is 0.237 e. The van der Waals surface area contributed by atoms with Crippen LogP contribution in [0.1, 0.15) is 42.1 Å². The maximum absolute atomic E-state index is 12.5. The van der Waals surface area contributed by atoms with Gasteiger partial charge in [-0.1, -0.05) is 23.9 Å². The number of aryl methyl sites for hydroxylation is 3. The number of carbonyl (C=O) groups excluding carboxylic acids is 1. The van der Waals surface area contributed by atoms with Crippen molar-refractivity contribution in [3.05, 3.63) is 52.7 Å². The van der Waals surface area contributed by atoms with Gasteiger partial charge in [-0.15, -0.1) is 0 Å². The Balaban J connectivity index is 1.75. The van der Waals surface area contributed by atoms with Crippen LogP contribution in [0.4, 0.5) is 5.69 Å². The molecular weight excluding hydrogens is 330 g/mol. The second-order valence-corrected chi connectivity index (χ2v) is 7.71. The van der Waals surface area contributed by atoms with Crippen molar-refractivity contribution in [3.8, 4) is 6.07 Å². The van der Waals surface area contributed by atoms with Gasteiger partial charge in [-0.05, 0) is 68.9 Å². The van der Waals surface area contributed by atoms with Crippen molar-refractivity contribution in [1.82, 2.24) is 4.98 Å². The van der Waals surface area contributed by atoms with Gasteiger partial charge in [0.15, 0.2) is 0 Å². The second-order valence-electron chi connectivity index (χ2n) is 6.38. The van der Waals surface area contributed by atoms with Gasteiger partial charge in [0.25, 0.3) is 0 Å². The molecule has 1 aromatic carbocycles. The minimum atomic E-state index is -0.332. The highest BCUT2D eigenvalue weighted by Crippen LogP contribution is 2.30. The largest absolute Gasteiger partial charge is 0.325 e. The molecule has 0 bridgehead atoms. The average Bonchev–Trinajstić information content (AvgIpc) is 2.61. The van der Waals surface area contributed by atoms with E-state index in [0.29, 0.717) is 10.6 Å². The number of rotatable bonds is 4. The Hall–Kier alpha value is -2.32. The van der Waals surface area contributed by atoms with E-state index in [4.69, 9.17) is 0 Å². The molecule has 0 fully saturated rings. The van der Waals surface area contributed by atoms with Gasteiger partial charge in [0.1, 0.15) is 11.1 Å². The van der Waals surface area contributed by atoms with Crippen LogP contribution in [0.15, 0.2) is 35.4 Å². The summed E-state index contributed by atoms with van der Waals surface area (Å²) in [5, 5.41) is 12.7. The topological polar surface area (TPSA) is 65.8 Å². The Kier molecular flexibility index (Phi) is 5.40. The molecule has 1 N–H and O–H groups in total. The number of nitrogens with zero attached hydrogens (tertiary/aromatic N) is 2. The predicted molar refractivity (Wildman–Crippen MR) is 101 cm³/mol. The van der Waals surface area contributed by atoms with E-state index in [0.717, 1.165) is 42.6 Å². The number of fused-ring (bicyclic) bond motifs is 1. The van der Waals surface area contributed by atoms with Gasteiger partial charge in [-0.3, -0.25) is 4.79 Å². The third-order valence-electron chi connectivity index (χ3n) is 4.33. The summed E-state index contributed by atoms with van der Waals surface area (Å²) in [5.41, 5.74) is 4.72. The van der Waals surface area contributed by atoms with Crippen LogP contribution in [0.25, 0.3) is 0 Å². The van der Waals surface area contributed by atoms with E-state index < -0.39 is 0 Å². The normalized spacial score (nSPS) is 14.3. The van der Waals surface area contributed by atoms with Crippen molar-refractivity contribution in [2.24, 2.45) is 0 Å². The van der Waals surface area contributed by atoms with Crippen molar-refractivity contribution in [2.45, 2.75) is 49.8 Å². The zero-order valence-electron chi connectivity index (χ0n) is 14.5. The standard InChI is InChI=1S/C20H21N3OS/c1-13-6-5-8-17(10-13)22-19(24)14(2)25-20-16(12-21)11-15-7-3-4-9-18(15)23-20/h5-6,8,10-11,14H,3-4,7,9H2,1-2H3,(H,22,24). The number of hydrogen-bond donors (Lipinski definition) is 1. The van der Waals surface area contributed by atoms with E-state index in [-0.39, 0.29) is 11.2 Å². The third kappa shape index (κ3) is 4.21. The SMILES string of the molecule is Cc1cccc(NC(=O)C(C)Sc2nc3c(cc2C#N)CCCC3)c1. The first-order valence-electron chi connectivity index (χ1n) is 8.54. The lowest BCUT2D eigenvalue weighted by Gasteiger charge is -2.18. The summed E-state index contributed by atoms with van der Waals surface area (Å²) in [6.45, 7) is 3.84. The molecule has 0 saturated carbocycles. The van der Waals surface area contributed by atoms with Gasteiger partial charge in [0, 0.05) is 11.4 Å². The van der Waals surface area contributed by atoms with Crippen LogP contribution >= 0.6 is 11.8 Å². The van der Waals surface area contributed by atoms with E-state index >= 15 is 0 Å². The highest BCUT2D eigenvalue weighted by atomic mass is 32.2. The number of benzene rings is 1. The molecule has 1 unspecified atom stereocenters. The highest BCUT2D eigenvalue weighted by Gasteiger charge is 2.20.